The second-order valence-electron chi connectivity index (χ2n) is 8.62. The summed E-state index contributed by atoms with van der Waals surface area (Å²) in [5.74, 6) is 0.285. The summed E-state index contributed by atoms with van der Waals surface area (Å²) in [4.78, 5) is 28.0. The minimum absolute atomic E-state index is 0.0813. The number of hydrogen-bond acceptors (Lipinski definition) is 3. The van der Waals surface area contributed by atoms with Gasteiger partial charge in [-0.25, -0.2) is 0 Å². The molecule has 0 unspecified atom stereocenters. The first-order valence-corrected chi connectivity index (χ1v) is 11.8. The van der Waals surface area contributed by atoms with Gasteiger partial charge in [-0.1, -0.05) is 61.2 Å². The van der Waals surface area contributed by atoms with Gasteiger partial charge in [0.15, 0.2) is 6.61 Å². The van der Waals surface area contributed by atoms with Gasteiger partial charge in [-0.05, 0) is 62.4 Å². The molecule has 2 amide bonds. The number of hydrogen-bond donors (Lipinski definition) is 1. The van der Waals surface area contributed by atoms with Gasteiger partial charge in [0.05, 0.1) is 0 Å². The zero-order chi connectivity index (χ0) is 23.1. The molecule has 1 fully saturated rings. The van der Waals surface area contributed by atoms with E-state index in [0.29, 0.717) is 23.7 Å². The van der Waals surface area contributed by atoms with Crippen LogP contribution in [0.25, 0.3) is 0 Å². The van der Waals surface area contributed by atoms with E-state index in [1.807, 2.05) is 51.1 Å². The highest BCUT2D eigenvalue weighted by Crippen LogP contribution is 2.22. The SMILES string of the molecule is CC[C@H](C(=O)NC1CCCC1)N(Cc1ccc(C)cc1)C(=O)COc1ccc(Cl)c(C)c1. The van der Waals surface area contributed by atoms with Crippen LogP contribution in [-0.2, 0) is 16.1 Å². The molecule has 1 saturated carbocycles. The average molecular weight is 457 g/mol. The van der Waals surface area contributed by atoms with Crippen LogP contribution >= 0.6 is 11.6 Å². The van der Waals surface area contributed by atoms with Gasteiger partial charge in [0.1, 0.15) is 11.8 Å². The van der Waals surface area contributed by atoms with Crippen LogP contribution in [0.2, 0.25) is 5.02 Å². The Balaban J connectivity index is 1.75. The Morgan fingerprint density at radius 1 is 1.12 bits per heavy atom. The number of rotatable bonds is 9. The fourth-order valence-corrected chi connectivity index (χ4v) is 4.23. The molecule has 0 bridgehead atoms. The number of nitrogens with one attached hydrogen (secondary N) is 1. The summed E-state index contributed by atoms with van der Waals surface area (Å²) in [6.07, 6.45) is 4.83. The summed E-state index contributed by atoms with van der Waals surface area (Å²) in [7, 11) is 0. The number of halogens is 1. The number of aryl methyl sites for hydroxylation is 2. The van der Waals surface area contributed by atoms with Crippen molar-refractivity contribution in [3.05, 3.63) is 64.2 Å². The zero-order valence-electron chi connectivity index (χ0n) is 19.2. The summed E-state index contributed by atoms with van der Waals surface area (Å²) in [6.45, 7) is 6.08. The van der Waals surface area contributed by atoms with Crippen molar-refractivity contribution in [2.24, 2.45) is 0 Å². The molecule has 0 radical (unpaired) electrons. The van der Waals surface area contributed by atoms with Crippen molar-refractivity contribution in [3.8, 4) is 5.75 Å². The van der Waals surface area contributed by atoms with E-state index in [0.717, 1.165) is 42.4 Å². The first-order valence-electron chi connectivity index (χ1n) is 11.4. The van der Waals surface area contributed by atoms with Crippen LogP contribution in [0.1, 0.15) is 55.7 Å². The quantitative estimate of drug-likeness (QED) is 0.564. The number of carbonyl (C=O) groups excluding carboxylic acids is 2. The largest absolute Gasteiger partial charge is 0.484 e. The van der Waals surface area contributed by atoms with Crippen molar-refractivity contribution >= 4 is 23.4 Å². The third-order valence-corrected chi connectivity index (χ3v) is 6.48. The van der Waals surface area contributed by atoms with E-state index in [2.05, 4.69) is 5.32 Å². The van der Waals surface area contributed by atoms with Gasteiger partial charge >= 0.3 is 0 Å². The van der Waals surface area contributed by atoms with Gasteiger partial charge < -0.3 is 15.0 Å². The Labute approximate surface area is 196 Å². The third kappa shape index (κ3) is 6.49. The lowest BCUT2D eigenvalue weighted by Gasteiger charge is -2.31. The minimum Gasteiger partial charge on any atom is -0.484 e. The molecule has 0 heterocycles. The Morgan fingerprint density at radius 2 is 1.81 bits per heavy atom. The smallest absolute Gasteiger partial charge is 0.261 e. The normalized spacial score (nSPS) is 14.8. The van der Waals surface area contributed by atoms with Gasteiger partial charge in [-0.2, -0.15) is 0 Å². The molecule has 32 heavy (non-hydrogen) atoms. The maximum Gasteiger partial charge on any atom is 0.261 e. The molecule has 0 spiro atoms. The van der Waals surface area contributed by atoms with E-state index in [-0.39, 0.29) is 24.5 Å². The van der Waals surface area contributed by atoms with Crippen molar-refractivity contribution in [1.82, 2.24) is 10.2 Å². The number of ether oxygens (including phenoxy) is 1. The second kappa shape index (κ2) is 11.4. The molecule has 3 rings (SSSR count). The van der Waals surface area contributed by atoms with Crippen LogP contribution in [0.15, 0.2) is 42.5 Å². The molecule has 1 atom stereocenters. The van der Waals surface area contributed by atoms with Gasteiger partial charge in [-0.3, -0.25) is 9.59 Å². The highest BCUT2D eigenvalue weighted by atomic mass is 35.5. The summed E-state index contributed by atoms with van der Waals surface area (Å²) in [6, 6.07) is 13.0. The predicted octanol–water partition coefficient (Wildman–Crippen LogP) is 5.20. The lowest BCUT2D eigenvalue weighted by Crippen LogP contribution is -2.52. The minimum atomic E-state index is -0.542. The van der Waals surface area contributed by atoms with Crippen LogP contribution in [0, 0.1) is 13.8 Å². The number of amides is 2. The van der Waals surface area contributed by atoms with Gasteiger partial charge in [0, 0.05) is 17.6 Å². The van der Waals surface area contributed by atoms with Gasteiger partial charge in [-0.15, -0.1) is 0 Å². The molecule has 0 aliphatic heterocycles. The Kier molecular flexibility index (Phi) is 8.57. The number of benzene rings is 2. The summed E-state index contributed by atoms with van der Waals surface area (Å²) in [5, 5.41) is 3.81. The number of carbonyl (C=O) groups is 2. The maximum absolute atomic E-state index is 13.3. The van der Waals surface area contributed by atoms with Crippen molar-refractivity contribution < 1.29 is 14.3 Å². The van der Waals surface area contributed by atoms with E-state index < -0.39 is 6.04 Å². The molecule has 1 aliphatic rings. The van der Waals surface area contributed by atoms with Crippen molar-refractivity contribution in [3.63, 3.8) is 0 Å². The lowest BCUT2D eigenvalue weighted by atomic mass is 10.1. The lowest BCUT2D eigenvalue weighted by molar-refractivity contribution is -0.143. The number of nitrogens with zero attached hydrogens (tertiary/aromatic N) is 1. The third-order valence-electron chi connectivity index (χ3n) is 6.05. The molecule has 5 nitrogen and oxygen atoms in total. The van der Waals surface area contributed by atoms with Crippen molar-refractivity contribution in [2.75, 3.05) is 6.61 Å². The maximum atomic E-state index is 13.3. The van der Waals surface area contributed by atoms with Crippen LogP contribution in [-0.4, -0.2) is 35.4 Å². The van der Waals surface area contributed by atoms with Crippen molar-refractivity contribution in [2.45, 2.75) is 71.5 Å². The van der Waals surface area contributed by atoms with Crippen molar-refractivity contribution in [1.29, 1.82) is 0 Å². The Morgan fingerprint density at radius 3 is 2.44 bits per heavy atom. The first-order chi connectivity index (χ1) is 15.4. The van der Waals surface area contributed by atoms with Crippen LogP contribution in [0.3, 0.4) is 0 Å². The van der Waals surface area contributed by atoms with E-state index in [4.69, 9.17) is 16.3 Å². The molecular weight excluding hydrogens is 424 g/mol. The zero-order valence-corrected chi connectivity index (χ0v) is 20.0. The summed E-state index contributed by atoms with van der Waals surface area (Å²) < 4.78 is 5.77. The standard InChI is InChI=1S/C26H33ClN2O3/c1-4-24(26(31)28-21-7-5-6-8-21)29(16-20-11-9-18(2)10-12-20)25(30)17-32-22-13-14-23(27)19(3)15-22/h9-15,21,24H,4-8,16-17H2,1-3H3,(H,28,31)/t24-/m1/s1. The first kappa shape index (κ1) is 24.1. The van der Waals surface area contributed by atoms with Gasteiger partial charge in [0.2, 0.25) is 5.91 Å². The summed E-state index contributed by atoms with van der Waals surface area (Å²) >= 11 is 6.08. The molecule has 2 aromatic rings. The fraction of sp³-hybridized carbons (Fsp3) is 0.462. The average Bonchev–Trinajstić information content (AvgIpc) is 3.28. The monoisotopic (exact) mass is 456 g/mol. The highest BCUT2D eigenvalue weighted by molar-refractivity contribution is 6.31. The summed E-state index contributed by atoms with van der Waals surface area (Å²) in [5.41, 5.74) is 3.02. The Bertz CT molecular complexity index is 923. The molecule has 0 aromatic heterocycles. The Hall–Kier alpha value is -2.53. The molecule has 2 aromatic carbocycles. The fourth-order valence-electron chi connectivity index (χ4n) is 4.11. The molecule has 1 N–H and O–H groups in total. The molecule has 0 saturated heterocycles. The van der Waals surface area contributed by atoms with Gasteiger partial charge in [0.25, 0.3) is 5.91 Å². The van der Waals surface area contributed by atoms with Crippen LogP contribution < -0.4 is 10.1 Å². The second-order valence-corrected chi connectivity index (χ2v) is 9.03. The predicted molar refractivity (Wildman–Crippen MR) is 128 cm³/mol. The molecule has 1 aliphatic carbocycles. The highest BCUT2D eigenvalue weighted by Gasteiger charge is 2.30. The molecule has 6 heteroatoms. The van der Waals surface area contributed by atoms with E-state index >= 15 is 0 Å². The van der Waals surface area contributed by atoms with E-state index in [1.165, 1.54) is 0 Å². The van der Waals surface area contributed by atoms with Crippen LogP contribution in [0.4, 0.5) is 0 Å². The molecular formula is C26H33ClN2O3. The van der Waals surface area contributed by atoms with Crippen LogP contribution in [0.5, 0.6) is 5.75 Å². The topological polar surface area (TPSA) is 58.6 Å². The van der Waals surface area contributed by atoms with E-state index in [1.54, 1.807) is 17.0 Å². The molecule has 172 valence electrons. The van der Waals surface area contributed by atoms with E-state index in [9.17, 15) is 9.59 Å².